The normalized spacial score (nSPS) is 11.0. The van der Waals surface area contributed by atoms with Gasteiger partial charge in [-0.1, -0.05) is 67.5 Å². The fourth-order valence-corrected chi connectivity index (χ4v) is 2.73. The molecule has 1 aliphatic heterocycles. The van der Waals surface area contributed by atoms with Gasteiger partial charge in [-0.05, 0) is 31.9 Å². The highest BCUT2D eigenvalue weighted by Gasteiger charge is 2.17. The van der Waals surface area contributed by atoms with Crippen molar-refractivity contribution in [3.63, 3.8) is 0 Å². The third kappa shape index (κ3) is 9.98. The van der Waals surface area contributed by atoms with Crippen molar-refractivity contribution in [2.24, 2.45) is 0 Å². The molecule has 1 aromatic carbocycles. The first kappa shape index (κ1) is 31.4. The van der Waals surface area contributed by atoms with Gasteiger partial charge in [0.05, 0.1) is 7.11 Å². The minimum Gasteiger partial charge on any atom is -0.504 e. The average Bonchev–Trinajstić information content (AvgIpc) is 3.54. The second kappa shape index (κ2) is 20.1. The summed E-state index contributed by atoms with van der Waals surface area (Å²) in [5, 5.41) is 8.99. The highest BCUT2D eigenvalue weighted by Crippen LogP contribution is 2.24. The Bertz CT molecular complexity index is 815. The van der Waals surface area contributed by atoms with E-state index >= 15 is 0 Å². The number of rotatable bonds is 2. The molecule has 32 heavy (non-hydrogen) atoms. The number of hydrogen-bond acceptors (Lipinski definition) is 6. The molecular formula is C25H45N5O2. The third-order valence-corrected chi connectivity index (χ3v) is 3.88. The number of imidazole rings is 1. The smallest absolute Gasteiger partial charge is 0.183 e. The van der Waals surface area contributed by atoms with Crippen LogP contribution in [0.4, 0.5) is 5.82 Å². The van der Waals surface area contributed by atoms with Gasteiger partial charge in [0.15, 0.2) is 23.0 Å². The zero-order valence-electron chi connectivity index (χ0n) is 21.9. The van der Waals surface area contributed by atoms with Crippen molar-refractivity contribution in [3.8, 4) is 11.5 Å². The lowest BCUT2D eigenvalue weighted by molar-refractivity contribution is 0.373. The maximum atomic E-state index is 8.99. The number of H-pyrrole nitrogens is 1. The quantitative estimate of drug-likeness (QED) is 0.451. The number of aryl methyl sites for hydroxylation is 1. The lowest BCUT2D eigenvalue weighted by Gasteiger charge is -2.15. The summed E-state index contributed by atoms with van der Waals surface area (Å²) < 4.78 is 4.79. The van der Waals surface area contributed by atoms with Gasteiger partial charge in [0.25, 0.3) is 0 Å². The van der Waals surface area contributed by atoms with Crippen molar-refractivity contribution in [1.29, 1.82) is 0 Å². The Kier molecular flexibility index (Phi) is 19.7. The Morgan fingerprint density at radius 3 is 1.97 bits per heavy atom. The SMILES string of the molecule is CC.CC.CC.CC.COc1ccccc1O.Cc1nc2ncnc(N3CCCC3)c2[nH]1. The Morgan fingerprint density at radius 2 is 1.47 bits per heavy atom. The zero-order valence-corrected chi connectivity index (χ0v) is 21.9. The summed E-state index contributed by atoms with van der Waals surface area (Å²) in [5.41, 5.74) is 1.74. The molecule has 182 valence electrons. The molecule has 0 aliphatic carbocycles. The molecule has 0 bridgehead atoms. The van der Waals surface area contributed by atoms with Gasteiger partial charge in [-0.15, -0.1) is 0 Å². The fraction of sp³-hybridized carbons (Fsp3) is 0.560. The summed E-state index contributed by atoms with van der Waals surface area (Å²) in [6.07, 6.45) is 4.09. The van der Waals surface area contributed by atoms with E-state index < -0.39 is 0 Å². The van der Waals surface area contributed by atoms with Crippen LogP contribution in [0.2, 0.25) is 0 Å². The summed E-state index contributed by atoms with van der Waals surface area (Å²) in [5.74, 6) is 2.58. The van der Waals surface area contributed by atoms with Gasteiger partial charge >= 0.3 is 0 Å². The number of aromatic nitrogens is 4. The van der Waals surface area contributed by atoms with E-state index in [4.69, 9.17) is 9.84 Å². The molecule has 3 aromatic rings. The maximum absolute atomic E-state index is 8.99. The number of para-hydroxylation sites is 2. The number of nitrogens with one attached hydrogen (secondary N) is 1. The van der Waals surface area contributed by atoms with Crippen LogP contribution in [0.5, 0.6) is 11.5 Å². The van der Waals surface area contributed by atoms with Gasteiger partial charge in [0, 0.05) is 13.1 Å². The van der Waals surface area contributed by atoms with E-state index in [-0.39, 0.29) is 5.75 Å². The van der Waals surface area contributed by atoms with Gasteiger partial charge in [-0.25, -0.2) is 15.0 Å². The minimum absolute atomic E-state index is 0.181. The second-order valence-corrected chi connectivity index (χ2v) is 5.58. The standard InChI is InChI=1S/C10H13N5.C7H8O2.4C2H6/c1-7-13-8-9(14-7)11-6-12-10(8)15-4-2-3-5-15;1-9-7-5-3-2-4-6(7)8;4*1-2/h6H,2-5H2,1H3,(H,11,12,13,14);2-5,8H,1H3;4*1-2H3. The van der Waals surface area contributed by atoms with Crippen molar-refractivity contribution in [2.75, 3.05) is 25.1 Å². The van der Waals surface area contributed by atoms with Crippen LogP contribution in [-0.4, -0.2) is 45.2 Å². The molecule has 7 heteroatoms. The van der Waals surface area contributed by atoms with Gasteiger partial charge in [0.1, 0.15) is 17.7 Å². The first-order chi connectivity index (χ1) is 15.7. The van der Waals surface area contributed by atoms with Crippen LogP contribution in [0.3, 0.4) is 0 Å². The molecule has 0 amide bonds. The van der Waals surface area contributed by atoms with Crippen molar-refractivity contribution in [1.82, 2.24) is 19.9 Å². The number of methoxy groups -OCH3 is 1. The maximum Gasteiger partial charge on any atom is 0.183 e. The van der Waals surface area contributed by atoms with Crippen LogP contribution in [-0.2, 0) is 0 Å². The number of hydrogen-bond donors (Lipinski definition) is 2. The predicted octanol–water partition coefficient (Wildman–Crippen LogP) is 6.77. The number of benzene rings is 1. The van der Waals surface area contributed by atoms with Gasteiger partial charge in [-0.2, -0.15) is 0 Å². The number of fused-ring (bicyclic) bond motifs is 1. The molecule has 0 atom stereocenters. The van der Waals surface area contributed by atoms with Crippen LogP contribution in [0.15, 0.2) is 30.6 Å². The summed E-state index contributed by atoms with van der Waals surface area (Å²) in [4.78, 5) is 18.3. The predicted molar refractivity (Wildman–Crippen MR) is 138 cm³/mol. The van der Waals surface area contributed by atoms with E-state index in [1.54, 1.807) is 30.6 Å². The molecule has 0 radical (unpaired) electrons. The molecular weight excluding hydrogens is 402 g/mol. The van der Waals surface area contributed by atoms with E-state index in [0.717, 1.165) is 35.9 Å². The van der Waals surface area contributed by atoms with Gasteiger partial charge < -0.3 is 19.7 Å². The van der Waals surface area contributed by atoms with Crippen LogP contribution in [0.1, 0.15) is 74.1 Å². The molecule has 3 heterocycles. The van der Waals surface area contributed by atoms with Gasteiger partial charge in [-0.3, -0.25) is 0 Å². The number of ether oxygens (including phenoxy) is 1. The molecule has 0 spiro atoms. The number of aromatic amines is 1. The number of phenolic OH excluding ortho intramolecular Hbond substituents is 1. The molecule has 4 rings (SSSR count). The summed E-state index contributed by atoms with van der Waals surface area (Å²) >= 11 is 0. The highest BCUT2D eigenvalue weighted by molar-refractivity contribution is 5.83. The Morgan fingerprint density at radius 1 is 0.906 bits per heavy atom. The lowest BCUT2D eigenvalue weighted by atomic mass is 10.3. The number of aromatic hydroxyl groups is 1. The Hall–Kier alpha value is -2.83. The van der Waals surface area contributed by atoms with E-state index in [0.29, 0.717) is 5.75 Å². The number of phenols is 1. The number of anilines is 1. The Labute approximate surface area is 195 Å². The highest BCUT2D eigenvalue weighted by atomic mass is 16.5. The fourth-order valence-electron chi connectivity index (χ4n) is 2.73. The monoisotopic (exact) mass is 447 g/mol. The van der Waals surface area contributed by atoms with Crippen molar-refractivity contribution < 1.29 is 9.84 Å². The molecule has 2 N–H and O–H groups in total. The zero-order chi connectivity index (χ0) is 24.9. The second-order valence-electron chi connectivity index (χ2n) is 5.58. The van der Waals surface area contributed by atoms with E-state index in [1.165, 1.54) is 20.0 Å². The molecule has 7 nitrogen and oxygen atoms in total. The Balaban J connectivity index is 0. The minimum atomic E-state index is 0.181. The van der Waals surface area contributed by atoms with Crippen LogP contribution >= 0.6 is 0 Å². The summed E-state index contributed by atoms with van der Waals surface area (Å²) in [6.45, 7) is 20.1. The van der Waals surface area contributed by atoms with Crippen LogP contribution < -0.4 is 9.64 Å². The van der Waals surface area contributed by atoms with Crippen molar-refractivity contribution in [3.05, 3.63) is 36.4 Å². The summed E-state index contributed by atoms with van der Waals surface area (Å²) in [7, 11) is 1.52. The summed E-state index contributed by atoms with van der Waals surface area (Å²) in [6, 6.07) is 6.84. The van der Waals surface area contributed by atoms with E-state index in [1.807, 2.05) is 62.3 Å². The molecule has 2 aromatic heterocycles. The molecule has 1 saturated heterocycles. The van der Waals surface area contributed by atoms with Crippen LogP contribution in [0.25, 0.3) is 11.2 Å². The van der Waals surface area contributed by atoms with E-state index in [2.05, 4.69) is 24.8 Å². The molecule has 0 saturated carbocycles. The molecule has 0 unspecified atom stereocenters. The third-order valence-electron chi connectivity index (χ3n) is 3.88. The van der Waals surface area contributed by atoms with Crippen molar-refractivity contribution >= 4 is 17.0 Å². The largest absolute Gasteiger partial charge is 0.504 e. The first-order valence-electron chi connectivity index (χ1n) is 11.9. The average molecular weight is 448 g/mol. The van der Waals surface area contributed by atoms with Crippen LogP contribution in [0, 0.1) is 6.92 Å². The van der Waals surface area contributed by atoms with E-state index in [9.17, 15) is 0 Å². The lowest BCUT2D eigenvalue weighted by Crippen LogP contribution is -2.19. The topological polar surface area (TPSA) is 87.2 Å². The first-order valence-corrected chi connectivity index (χ1v) is 11.9. The number of nitrogens with zero attached hydrogens (tertiary/aromatic N) is 4. The molecule has 1 fully saturated rings. The van der Waals surface area contributed by atoms with Crippen molar-refractivity contribution in [2.45, 2.75) is 75.2 Å². The molecule has 1 aliphatic rings. The van der Waals surface area contributed by atoms with Gasteiger partial charge in [0.2, 0.25) is 0 Å².